The number of carbonyl (C=O) groups excluding carboxylic acids is 2. The number of ether oxygens (including phenoxy) is 1. The normalized spacial score (nSPS) is 14.0. The number of aliphatic hydroxyl groups is 1. The molecule has 6 nitrogen and oxygen atoms in total. The molecule has 0 saturated carbocycles. The number of carboxylic acids is 1. The maximum absolute atomic E-state index is 12.1. The number of esters is 1. The summed E-state index contributed by atoms with van der Waals surface area (Å²) in [6.45, 7) is 2.62. The van der Waals surface area contributed by atoms with Crippen LogP contribution in [0, 0.1) is 0 Å². The Balaban J connectivity index is 3.83. The second kappa shape index (κ2) is 18.2. The largest absolute Gasteiger partial charge is 0.550 e. The maximum Gasteiger partial charge on any atom is 0.308 e. The van der Waals surface area contributed by atoms with Gasteiger partial charge in [0.2, 0.25) is 0 Å². The Morgan fingerprint density at radius 3 is 2.00 bits per heavy atom. The molecule has 0 aromatic heterocycles. The van der Waals surface area contributed by atoms with Crippen LogP contribution in [0.1, 0.15) is 96.8 Å². The molecule has 0 aliphatic carbocycles. The number of unbranched alkanes of at least 4 members (excludes halogenated alkanes) is 9. The van der Waals surface area contributed by atoms with Gasteiger partial charge in [-0.15, -0.1) is 0 Å². The Bertz CT molecular complexity index is 499. The number of aliphatic hydroxyl groups excluding tert-OH is 1. The molecule has 0 spiro atoms. The molecule has 6 heteroatoms. The number of aliphatic carboxylic acids is 1. The fourth-order valence-corrected chi connectivity index (χ4v) is 3.57. The Morgan fingerprint density at radius 1 is 0.903 bits per heavy atom. The first kappa shape index (κ1) is 29.6. The highest BCUT2D eigenvalue weighted by molar-refractivity contribution is 5.71. The van der Waals surface area contributed by atoms with Crippen LogP contribution in [-0.4, -0.2) is 61.4 Å². The lowest BCUT2D eigenvalue weighted by Crippen LogP contribution is -2.45. The van der Waals surface area contributed by atoms with Gasteiger partial charge in [0.15, 0.2) is 6.10 Å². The van der Waals surface area contributed by atoms with Crippen LogP contribution in [0.5, 0.6) is 0 Å². The van der Waals surface area contributed by atoms with E-state index in [1.54, 1.807) is 0 Å². The van der Waals surface area contributed by atoms with Gasteiger partial charge in [0.1, 0.15) is 6.54 Å². The summed E-state index contributed by atoms with van der Waals surface area (Å²) in [5.74, 6) is -1.79. The first-order valence-corrected chi connectivity index (χ1v) is 12.2. The molecule has 0 fully saturated rings. The Hall–Kier alpha value is -1.40. The monoisotopic (exact) mass is 441 g/mol. The van der Waals surface area contributed by atoms with Crippen LogP contribution in [0.3, 0.4) is 0 Å². The van der Waals surface area contributed by atoms with Gasteiger partial charge >= 0.3 is 5.97 Å². The molecule has 0 aliphatic heterocycles. The van der Waals surface area contributed by atoms with E-state index >= 15 is 0 Å². The molecule has 0 aliphatic rings. The van der Waals surface area contributed by atoms with Gasteiger partial charge in [0.25, 0.3) is 0 Å². The van der Waals surface area contributed by atoms with E-state index in [9.17, 15) is 19.8 Å². The van der Waals surface area contributed by atoms with E-state index < -0.39 is 24.1 Å². The molecular weight excluding hydrogens is 394 g/mol. The van der Waals surface area contributed by atoms with Gasteiger partial charge in [-0.1, -0.05) is 64.0 Å². The van der Waals surface area contributed by atoms with Crippen molar-refractivity contribution in [2.24, 2.45) is 0 Å². The van der Waals surface area contributed by atoms with Crippen LogP contribution in [0.2, 0.25) is 0 Å². The number of carboxylic acid groups (broad SMARTS) is 1. The molecule has 0 bridgehead atoms. The van der Waals surface area contributed by atoms with Crippen molar-refractivity contribution in [2.75, 3.05) is 27.7 Å². The molecule has 0 radical (unpaired) electrons. The third kappa shape index (κ3) is 21.6. The minimum atomic E-state index is -1.24. The molecule has 1 N–H and O–H groups in total. The van der Waals surface area contributed by atoms with Crippen molar-refractivity contribution in [2.45, 2.75) is 109 Å². The number of hydrogen-bond donors (Lipinski definition) is 1. The second-order valence-corrected chi connectivity index (χ2v) is 9.68. The summed E-state index contributed by atoms with van der Waals surface area (Å²) in [4.78, 5) is 22.9. The molecule has 0 heterocycles. The number of likely N-dealkylation sites (N-methyl/N-ethyl adjacent to an activating group) is 1. The van der Waals surface area contributed by atoms with E-state index in [1.165, 1.54) is 44.9 Å². The Kier molecular flexibility index (Phi) is 17.4. The third-order valence-electron chi connectivity index (χ3n) is 5.15. The van der Waals surface area contributed by atoms with Crippen molar-refractivity contribution in [3.63, 3.8) is 0 Å². The van der Waals surface area contributed by atoms with Crippen LogP contribution >= 0.6 is 0 Å². The molecule has 0 saturated heterocycles. The van der Waals surface area contributed by atoms with Crippen LogP contribution in [0.25, 0.3) is 0 Å². The number of quaternary nitrogens is 1. The molecule has 0 aromatic rings. The quantitative estimate of drug-likeness (QED) is 0.135. The van der Waals surface area contributed by atoms with E-state index in [0.29, 0.717) is 17.4 Å². The van der Waals surface area contributed by atoms with Crippen molar-refractivity contribution in [1.29, 1.82) is 0 Å². The summed E-state index contributed by atoms with van der Waals surface area (Å²) in [5.41, 5.74) is 0. The third-order valence-corrected chi connectivity index (χ3v) is 5.15. The average Bonchev–Trinajstić information content (AvgIpc) is 2.63. The Morgan fingerprint density at radius 2 is 1.45 bits per heavy atom. The summed E-state index contributed by atoms with van der Waals surface area (Å²) in [7, 11) is 5.69. The van der Waals surface area contributed by atoms with Gasteiger partial charge in [-0.2, -0.15) is 0 Å². The SMILES string of the molecule is CCCCCCCCC=CCCCCCC(O)CC(=O)OC(CC(=O)[O-])C[N+](C)(C)C. The number of rotatable bonds is 20. The van der Waals surface area contributed by atoms with Gasteiger partial charge < -0.3 is 24.2 Å². The molecule has 31 heavy (non-hydrogen) atoms. The van der Waals surface area contributed by atoms with Gasteiger partial charge in [-0.05, 0) is 32.1 Å². The molecule has 0 amide bonds. The van der Waals surface area contributed by atoms with Crippen LogP contribution in [0.4, 0.5) is 0 Å². The van der Waals surface area contributed by atoms with Crippen LogP contribution in [0.15, 0.2) is 12.2 Å². The first-order valence-electron chi connectivity index (χ1n) is 12.2. The van der Waals surface area contributed by atoms with Crippen molar-refractivity contribution in [3.8, 4) is 0 Å². The highest BCUT2D eigenvalue weighted by atomic mass is 16.5. The lowest BCUT2D eigenvalue weighted by atomic mass is 10.1. The van der Waals surface area contributed by atoms with Crippen LogP contribution < -0.4 is 5.11 Å². The summed E-state index contributed by atoms with van der Waals surface area (Å²) in [6.07, 6.45) is 16.3. The van der Waals surface area contributed by atoms with Gasteiger partial charge in [0, 0.05) is 12.4 Å². The molecular formula is C25H47NO5. The summed E-state index contributed by atoms with van der Waals surface area (Å²) < 4.78 is 5.76. The lowest BCUT2D eigenvalue weighted by molar-refractivity contribution is -0.873. The zero-order chi connectivity index (χ0) is 23.5. The summed E-state index contributed by atoms with van der Waals surface area (Å²) >= 11 is 0. The van der Waals surface area contributed by atoms with Gasteiger partial charge in [-0.3, -0.25) is 4.79 Å². The zero-order valence-corrected chi connectivity index (χ0v) is 20.4. The fourth-order valence-electron chi connectivity index (χ4n) is 3.57. The van der Waals surface area contributed by atoms with Crippen molar-refractivity contribution in [3.05, 3.63) is 12.2 Å². The predicted octanol–water partition coefficient (Wildman–Crippen LogP) is 3.75. The van der Waals surface area contributed by atoms with Crippen molar-refractivity contribution in [1.82, 2.24) is 0 Å². The highest BCUT2D eigenvalue weighted by Gasteiger charge is 2.23. The summed E-state index contributed by atoms with van der Waals surface area (Å²) in [5, 5.41) is 21.0. The second-order valence-electron chi connectivity index (χ2n) is 9.68. The Labute approximate surface area is 190 Å². The van der Waals surface area contributed by atoms with Crippen LogP contribution in [-0.2, 0) is 14.3 Å². The standard InChI is InChI=1S/C25H47NO5/c1-5-6-7-8-9-10-11-12-13-14-15-16-17-18-22(27)19-25(30)31-23(20-24(28)29)21-26(2,3)4/h12-13,22-23,27H,5-11,14-21H2,1-4H3. The average molecular weight is 442 g/mol. The number of nitrogens with zero attached hydrogens (tertiary/aromatic N) is 1. The molecule has 0 rings (SSSR count). The number of hydrogen-bond acceptors (Lipinski definition) is 5. The van der Waals surface area contributed by atoms with E-state index in [1.807, 2.05) is 21.1 Å². The molecule has 0 aromatic carbocycles. The molecule has 2 atom stereocenters. The smallest absolute Gasteiger partial charge is 0.308 e. The molecule has 182 valence electrons. The lowest BCUT2D eigenvalue weighted by Gasteiger charge is -2.29. The highest BCUT2D eigenvalue weighted by Crippen LogP contribution is 2.12. The van der Waals surface area contributed by atoms with E-state index in [0.717, 1.165) is 25.7 Å². The maximum atomic E-state index is 12.1. The fraction of sp³-hybridized carbons (Fsp3) is 0.840. The van der Waals surface area contributed by atoms with Crippen molar-refractivity contribution < 1.29 is 29.0 Å². The van der Waals surface area contributed by atoms with E-state index in [2.05, 4.69) is 19.1 Å². The predicted molar refractivity (Wildman–Crippen MR) is 123 cm³/mol. The number of carbonyl (C=O) groups is 2. The van der Waals surface area contributed by atoms with E-state index in [4.69, 9.17) is 4.74 Å². The minimum Gasteiger partial charge on any atom is -0.550 e. The van der Waals surface area contributed by atoms with Gasteiger partial charge in [-0.25, -0.2) is 0 Å². The van der Waals surface area contributed by atoms with Gasteiger partial charge in [0.05, 0.1) is 33.7 Å². The zero-order valence-electron chi connectivity index (χ0n) is 20.4. The first-order chi connectivity index (χ1) is 14.6. The summed E-state index contributed by atoms with van der Waals surface area (Å²) in [6, 6.07) is 0. The molecule has 2 unspecified atom stereocenters. The van der Waals surface area contributed by atoms with Crippen molar-refractivity contribution >= 4 is 11.9 Å². The topological polar surface area (TPSA) is 86.7 Å². The number of allylic oxidation sites excluding steroid dienone is 2. The minimum absolute atomic E-state index is 0.0984. The van der Waals surface area contributed by atoms with E-state index in [-0.39, 0.29) is 12.8 Å².